The number of terminal acetylenes is 1. The van der Waals surface area contributed by atoms with Crippen LogP contribution in [0.5, 0.6) is 0 Å². The lowest BCUT2D eigenvalue weighted by Gasteiger charge is -2.26. The van der Waals surface area contributed by atoms with Crippen molar-refractivity contribution in [3.05, 3.63) is 35.9 Å². The number of nitrogens with two attached hydrogens (primary N) is 1. The van der Waals surface area contributed by atoms with Crippen LogP contribution < -0.4 is 11.3 Å². The number of hydrogen-bond acceptors (Lipinski definition) is 2. The van der Waals surface area contributed by atoms with Crippen molar-refractivity contribution in [2.24, 2.45) is 5.84 Å². The second kappa shape index (κ2) is 5.35. The van der Waals surface area contributed by atoms with Crippen LogP contribution in [0.15, 0.2) is 30.3 Å². The zero-order valence-electron chi connectivity index (χ0n) is 10.2. The molecule has 1 aromatic rings. The van der Waals surface area contributed by atoms with E-state index in [4.69, 9.17) is 12.3 Å². The zero-order valence-corrected chi connectivity index (χ0v) is 10.2. The molecule has 0 amide bonds. The van der Waals surface area contributed by atoms with Crippen molar-refractivity contribution >= 4 is 0 Å². The molecule has 1 saturated carbocycles. The Balaban J connectivity index is 2.06. The lowest BCUT2D eigenvalue weighted by Crippen LogP contribution is -2.44. The first-order valence-corrected chi connectivity index (χ1v) is 6.28. The van der Waals surface area contributed by atoms with Gasteiger partial charge in [0.15, 0.2) is 0 Å². The van der Waals surface area contributed by atoms with Crippen LogP contribution in [0.4, 0.5) is 0 Å². The molecule has 0 radical (unpaired) electrons. The Morgan fingerprint density at radius 1 is 1.35 bits per heavy atom. The van der Waals surface area contributed by atoms with Gasteiger partial charge in [-0.25, -0.2) is 0 Å². The summed E-state index contributed by atoms with van der Waals surface area (Å²) in [5, 5.41) is 0. The number of nitrogens with one attached hydrogen (secondary N) is 1. The monoisotopic (exact) mass is 228 g/mol. The molecule has 0 bridgehead atoms. The van der Waals surface area contributed by atoms with E-state index in [1.54, 1.807) is 0 Å². The minimum atomic E-state index is 0.255. The fourth-order valence-corrected chi connectivity index (χ4v) is 2.67. The van der Waals surface area contributed by atoms with E-state index in [1.807, 2.05) is 0 Å². The van der Waals surface area contributed by atoms with E-state index in [1.165, 1.54) is 18.4 Å². The molecule has 0 spiro atoms. The van der Waals surface area contributed by atoms with Gasteiger partial charge in [0.05, 0.1) is 0 Å². The van der Waals surface area contributed by atoms with Crippen LogP contribution in [-0.4, -0.2) is 6.04 Å². The van der Waals surface area contributed by atoms with Crippen LogP contribution in [0, 0.1) is 12.3 Å². The highest BCUT2D eigenvalue weighted by molar-refractivity contribution is 5.33. The van der Waals surface area contributed by atoms with E-state index < -0.39 is 0 Å². The Kier molecular flexibility index (Phi) is 3.83. The Morgan fingerprint density at radius 2 is 2.06 bits per heavy atom. The summed E-state index contributed by atoms with van der Waals surface area (Å²) < 4.78 is 0. The van der Waals surface area contributed by atoms with Crippen molar-refractivity contribution in [1.82, 2.24) is 5.43 Å². The molecule has 3 N–H and O–H groups in total. The third-order valence-electron chi connectivity index (χ3n) is 3.82. The molecular formula is C15H20N2. The van der Waals surface area contributed by atoms with Gasteiger partial charge in [-0.15, -0.1) is 12.3 Å². The zero-order chi connectivity index (χ0) is 12.1. The Hall–Kier alpha value is -1.30. The third kappa shape index (κ3) is 2.52. The molecule has 1 fully saturated rings. The van der Waals surface area contributed by atoms with E-state index in [2.05, 4.69) is 41.7 Å². The van der Waals surface area contributed by atoms with Gasteiger partial charge in [0.1, 0.15) is 0 Å². The molecule has 0 aromatic heterocycles. The van der Waals surface area contributed by atoms with E-state index >= 15 is 0 Å². The summed E-state index contributed by atoms with van der Waals surface area (Å²) in [5.41, 5.74) is 4.65. The molecule has 1 aromatic carbocycles. The smallest absolute Gasteiger partial charge is 0.0307 e. The first-order valence-electron chi connectivity index (χ1n) is 6.28. The molecule has 0 saturated heterocycles. The standard InChI is InChI=1S/C15H20N2/c1-2-3-5-10-14(17-16)15(11-12-15)13-8-6-4-7-9-13/h1,4,6-9,14,17H,3,5,10-12,16H2. The molecular weight excluding hydrogens is 208 g/mol. The summed E-state index contributed by atoms with van der Waals surface area (Å²) in [7, 11) is 0. The number of hydrazine groups is 1. The molecule has 2 heteroatoms. The molecule has 17 heavy (non-hydrogen) atoms. The fraction of sp³-hybridized carbons (Fsp3) is 0.467. The Bertz CT molecular complexity index is 387. The van der Waals surface area contributed by atoms with Crippen LogP contribution in [0.3, 0.4) is 0 Å². The maximum absolute atomic E-state index is 5.72. The van der Waals surface area contributed by atoms with Crippen molar-refractivity contribution < 1.29 is 0 Å². The molecule has 1 aliphatic rings. The minimum absolute atomic E-state index is 0.255. The molecule has 0 heterocycles. The van der Waals surface area contributed by atoms with E-state index in [9.17, 15) is 0 Å². The number of hydrogen-bond donors (Lipinski definition) is 2. The predicted octanol–water partition coefficient (Wildman–Crippen LogP) is 2.35. The second-order valence-corrected chi connectivity index (χ2v) is 4.84. The molecule has 1 aliphatic carbocycles. The van der Waals surface area contributed by atoms with Crippen LogP contribution in [-0.2, 0) is 5.41 Å². The normalized spacial score (nSPS) is 18.4. The van der Waals surface area contributed by atoms with Gasteiger partial charge in [0, 0.05) is 17.9 Å². The van der Waals surface area contributed by atoms with Gasteiger partial charge in [-0.3, -0.25) is 11.3 Å². The molecule has 1 unspecified atom stereocenters. The summed E-state index contributed by atoms with van der Waals surface area (Å²) in [5.74, 6) is 8.41. The molecule has 2 nitrogen and oxygen atoms in total. The number of rotatable bonds is 6. The summed E-state index contributed by atoms with van der Waals surface area (Å²) in [6, 6.07) is 11.0. The summed E-state index contributed by atoms with van der Waals surface area (Å²) in [6.07, 6.45) is 10.7. The van der Waals surface area contributed by atoms with Crippen molar-refractivity contribution in [2.75, 3.05) is 0 Å². The van der Waals surface area contributed by atoms with E-state index in [0.717, 1.165) is 19.3 Å². The van der Waals surface area contributed by atoms with Crippen LogP contribution >= 0.6 is 0 Å². The van der Waals surface area contributed by atoms with Gasteiger partial charge in [-0.2, -0.15) is 0 Å². The van der Waals surface area contributed by atoms with Gasteiger partial charge in [0.2, 0.25) is 0 Å². The Morgan fingerprint density at radius 3 is 2.59 bits per heavy atom. The van der Waals surface area contributed by atoms with Crippen molar-refractivity contribution in [1.29, 1.82) is 0 Å². The Labute approximate surface area is 104 Å². The van der Waals surface area contributed by atoms with Crippen molar-refractivity contribution in [2.45, 2.75) is 43.6 Å². The first-order chi connectivity index (χ1) is 8.33. The van der Waals surface area contributed by atoms with Crippen molar-refractivity contribution in [3.63, 3.8) is 0 Å². The van der Waals surface area contributed by atoms with Crippen molar-refractivity contribution in [3.8, 4) is 12.3 Å². The molecule has 1 atom stereocenters. The summed E-state index contributed by atoms with van der Waals surface area (Å²) in [6.45, 7) is 0. The minimum Gasteiger partial charge on any atom is -0.271 e. The van der Waals surface area contributed by atoms with E-state index in [0.29, 0.717) is 6.04 Å². The highest BCUT2D eigenvalue weighted by Crippen LogP contribution is 2.51. The third-order valence-corrected chi connectivity index (χ3v) is 3.82. The summed E-state index contributed by atoms with van der Waals surface area (Å²) in [4.78, 5) is 0. The number of unbranched alkanes of at least 4 members (excludes halogenated alkanes) is 1. The first kappa shape index (κ1) is 12.2. The highest BCUT2D eigenvalue weighted by Gasteiger charge is 2.49. The quantitative estimate of drug-likeness (QED) is 0.339. The summed E-state index contributed by atoms with van der Waals surface area (Å²) >= 11 is 0. The SMILES string of the molecule is C#CCCCC(NN)C1(c2ccccc2)CC1. The maximum atomic E-state index is 5.72. The average molecular weight is 228 g/mol. The molecule has 2 rings (SSSR count). The lowest BCUT2D eigenvalue weighted by atomic mass is 9.85. The van der Waals surface area contributed by atoms with Gasteiger partial charge >= 0.3 is 0 Å². The topological polar surface area (TPSA) is 38.0 Å². The van der Waals surface area contributed by atoms with Crippen LogP contribution in [0.1, 0.15) is 37.7 Å². The number of benzene rings is 1. The predicted molar refractivity (Wildman–Crippen MR) is 71.1 cm³/mol. The largest absolute Gasteiger partial charge is 0.271 e. The lowest BCUT2D eigenvalue weighted by molar-refractivity contribution is 0.392. The molecule has 0 aliphatic heterocycles. The maximum Gasteiger partial charge on any atom is 0.0307 e. The van der Waals surface area contributed by atoms with Crippen LogP contribution in [0.2, 0.25) is 0 Å². The van der Waals surface area contributed by atoms with Gasteiger partial charge in [-0.1, -0.05) is 30.3 Å². The average Bonchev–Trinajstić information content (AvgIpc) is 3.17. The van der Waals surface area contributed by atoms with Gasteiger partial charge in [-0.05, 0) is 31.2 Å². The van der Waals surface area contributed by atoms with Gasteiger partial charge < -0.3 is 0 Å². The van der Waals surface area contributed by atoms with E-state index in [-0.39, 0.29) is 5.41 Å². The highest BCUT2D eigenvalue weighted by atomic mass is 15.2. The van der Waals surface area contributed by atoms with Gasteiger partial charge in [0.25, 0.3) is 0 Å². The molecule has 90 valence electrons. The fourth-order valence-electron chi connectivity index (χ4n) is 2.67. The second-order valence-electron chi connectivity index (χ2n) is 4.84. The van der Waals surface area contributed by atoms with Crippen LogP contribution in [0.25, 0.3) is 0 Å².